The minimum atomic E-state index is -3.01. The molecule has 9 nitrogen and oxygen atoms in total. The predicted octanol–water partition coefficient (Wildman–Crippen LogP) is 0.843. The lowest BCUT2D eigenvalue weighted by atomic mass is 10.2. The van der Waals surface area contributed by atoms with Crippen molar-refractivity contribution in [1.29, 1.82) is 0 Å². The van der Waals surface area contributed by atoms with Gasteiger partial charge in [-0.05, 0) is 18.6 Å². The summed E-state index contributed by atoms with van der Waals surface area (Å²) in [4.78, 5) is 8.92. The molecular formula is C15H17N7O2S. The van der Waals surface area contributed by atoms with E-state index in [9.17, 15) is 8.42 Å². The topological polar surface area (TPSA) is 108 Å². The van der Waals surface area contributed by atoms with Crippen molar-refractivity contribution >= 4 is 9.84 Å². The average molecular weight is 359 g/mol. The van der Waals surface area contributed by atoms with Gasteiger partial charge in [0.05, 0.1) is 17.5 Å². The number of aromatic nitrogens is 7. The largest absolute Gasteiger partial charge is 0.272 e. The lowest BCUT2D eigenvalue weighted by Crippen LogP contribution is -2.14. The van der Waals surface area contributed by atoms with Crippen LogP contribution in [-0.4, -0.2) is 54.4 Å². The summed E-state index contributed by atoms with van der Waals surface area (Å²) >= 11 is 0. The third kappa shape index (κ3) is 3.04. The maximum Gasteiger partial charge on any atom is 0.158 e. The van der Waals surface area contributed by atoms with Gasteiger partial charge >= 0.3 is 0 Å². The van der Waals surface area contributed by atoms with Crippen molar-refractivity contribution in [3.05, 3.63) is 36.8 Å². The highest BCUT2D eigenvalue weighted by Crippen LogP contribution is 2.28. The Hall–Kier alpha value is -2.62. The lowest BCUT2D eigenvalue weighted by molar-refractivity contribution is 0.500. The molecule has 3 aromatic heterocycles. The Bertz CT molecular complexity index is 995. The fourth-order valence-corrected chi connectivity index (χ4v) is 4.65. The first-order valence-electron chi connectivity index (χ1n) is 8.03. The molecule has 0 radical (unpaired) electrons. The molecule has 1 aliphatic heterocycles. The second-order valence-corrected chi connectivity index (χ2v) is 8.21. The first kappa shape index (κ1) is 15.9. The van der Waals surface area contributed by atoms with Crippen molar-refractivity contribution in [1.82, 2.24) is 34.5 Å². The Labute approximate surface area is 144 Å². The monoisotopic (exact) mass is 359 g/mol. The van der Waals surface area contributed by atoms with E-state index in [0.717, 1.165) is 5.56 Å². The van der Waals surface area contributed by atoms with E-state index in [1.807, 2.05) is 19.1 Å². The van der Waals surface area contributed by atoms with Gasteiger partial charge in [0.2, 0.25) is 0 Å². The van der Waals surface area contributed by atoms with E-state index in [0.29, 0.717) is 30.3 Å². The van der Waals surface area contributed by atoms with E-state index >= 15 is 0 Å². The zero-order chi connectivity index (χ0) is 17.4. The molecule has 0 spiro atoms. The van der Waals surface area contributed by atoms with Crippen LogP contribution in [-0.2, 0) is 16.3 Å². The molecule has 0 N–H and O–H groups in total. The van der Waals surface area contributed by atoms with Gasteiger partial charge in [-0.25, -0.2) is 23.1 Å². The molecular weight excluding hydrogens is 342 g/mol. The Balaban J connectivity index is 1.78. The summed E-state index contributed by atoms with van der Waals surface area (Å²) in [6, 6.07) is 3.53. The van der Waals surface area contributed by atoms with Crippen LogP contribution >= 0.6 is 0 Å². The van der Waals surface area contributed by atoms with Crippen molar-refractivity contribution in [3.8, 4) is 17.2 Å². The van der Waals surface area contributed by atoms with Gasteiger partial charge < -0.3 is 0 Å². The van der Waals surface area contributed by atoms with Crippen LogP contribution in [0.3, 0.4) is 0 Å². The van der Waals surface area contributed by atoms with Gasteiger partial charge in [-0.3, -0.25) is 4.57 Å². The van der Waals surface area contributed by atoms with Gasteiger partial charge in [-0.15, -0.1) is 10.2 Å². The van der Waals surface area contributed by atoms with Crippen molar-refractivity contribution in [2.75, 3.05) is 11.5 Å². The fraction of sp³-hybridized carbons (Fsp3) is 0.400. The number of nitrogens with zero attached hydrogens (tertiary/aromatic N) is 7. The number of pyridine rings is 1. The molecule has 0 saturated carbocycles. The molecule has 1 aliphatic rings. The van der Waals surface area contributed by atoms with Crippen LogP contribution in [0.2, 0.25) is 0 Å². The molecule has 0 amide bonds. The molecule has 0 aliphatic carbocycles. The lowest BCUT2D eigenvalue weighted by Gasteiger charge is -2.12. The van der Waals surface area contributed by atoms with Crippen molar-refractivity contribution < 1.29 is 8.42 Å². The van der Waals surface area contributed by atoms with Crippen LogP contribution in [0.15, 0.2) is 31.0 Å². The maximum absolute atomic E-state index is 11.9. The number of hydrogen-bond acceptors (Lipinski definition) is 7. The summed E-state index contributed by atoms with van der Waals surface area (Å²) in [5.41, 5.74) is 0.829. The summed E-state index contributed by atoms with van der Waals surface area (Å²) < 4.78 is 27.2. The van der Waals surface area contributed by atoms with Gasteiger partial charge in [-0.1, -0.05) is 6.92 Å². The minimum Gasteiger partial charge on any atom is -0.272 e. The highest BCUT2D eigenvalue weighted by Gasteiger charge is 2.32. The summed E-state index contributed by atoms with van der Waals surface area (Å²) in [7, 11) is -3.01. The third-order valence-corrected chi connectivity index (χ3v) is 5.98. The molecule has 10 heteroatoms. The van der Waals surface area contributed by atoms with E-state index in [1.165, 1.54) is 0 Å². The van der Waals surface area contributed by atoms with Crippen LogP contribution in [0.25, 0.3) is 17.2 Å². The third-order valence-electron chi connectivity index (χ3n) is 4.23. The fourth-order valence-electron chi connectivity index (χ4n) is 2.95. The number of sulfone groups is 1. The molecule has 0 aromatic carbocycles. The summed E-state index contributed by atoms with van der Waals surface area (Å²) in [5, 5.41) is 12.1. The number of hydrogen-bond donors (Lipinski definition) is 0. The smallest absolute Gasteiger partial charge is 0.158 e. The molecule has 0 unspecified atom stereocenters. The van der Waals surface area contributed by atoms with Crippen LogP contribution in [0, 0.1) is 0 Å². The average Bonchev–Trinajstić information content (AvgIpc) is 3.34. The Morgan fingerprint density at radius 2 is 2.08 bits per heavy atom. The molecule has 4 rings (SSSR count). The second kappa shape index (κ2) is 6.03. The maximum atomic E-state index is 11.9. The molecule has 1 atom stereocenters. The van der Waals surface area contributed by atoms with E-state index in [-0.39, 0.29) is 17.5 Å². The van der Waals surface area contributed by atoms with Crippen LogP contribution in [0.4, 0.5) is 0 Å². The highest BCUT2D eigenvalue weighted by atomic mass is 32.2. The molecule has 4 heterocycles. The first-order valence-corrected chi connectivity index (χ1v) is 9.85. The molecule has 1 saturated heterocycles. The second-order valence-electron chi connectivity index (χ2n) is 5.98. The minimum absolute atomic E-state index is 0.107. The van der Waals surface area contributed by atoms with Gasteiger partial charge in [0.25, 0.3) is 0 Å². The van der Waals surface area contributed by atoms with Crippen molar-refractivity contribution in [3.63, 3.8) is 0 Å². The number of rotatable bonds is 4. The Morgan fingerprint density at radius 3 is 2.76 bits per heavy atom. The Kier molecular flexibility index (Phi) is 3.83. The molecule has 130 valence electrons. The molecule has 3 aromatic rings. The quantitative estimate of drug-likeness (QED) is 0.679. The van der Waals surface area contributed by atoms with Crippen LogP contribution in [0.5, 0.6) is 0 Å². The van der Waals surface area contributed by atoms with E-state index in [4.69, 9.17) is 0 Å². The van der Waals surface area contributed by atoms with E-state index in [1.54, 1.807) is 28.1 Å². The zero-order valence-electron chi connectivity index (χ0n) is 13.6. The van der Waals surface area contributed by atoms with E-state index in [2.05, 4.69) is 25.3 Å². The van der Waals surface area contributed by atoms with Gasteiger partial charge in [-0.2, -0.15) is 5.10 Å². The number of aryl methyl sites for hydroxylation is 1. The van der Waals surface area contributed by atoms with Crippen LogP contribution in [0.1, 0.15) is 25.2 Å². The normalized spacial score (nSPS) is 19.3. The summed E-state index contributed by atoms with van der Waals surface area (Å²) in [5.74, 6) is 2.32. The van der Waals surface area contributed by atoms with Gasteiger partial charge in [0, 0.05) is 18.2 Å². The molecule has 1 fully saturated rings. The van der Waals surface area contributed by atoms with E-state index < -0.39 is 9.84 Å². The van der Waals surface area contributed by atoms with Crippen LogP contribution < -0.4 is 0 Å². The SMILES string of the molecule is CCc1nc(-c2ccnc(-n3cnnc3)c2)n([C@@H]2CCS(=O)(=O)C2)n1. The summed E-state index contributed by atoms with van der Waals surface area (Å²) in [6.45, 7) is 1.98. The Morgan fingerprint density at radius 1 is 1.28 bits per heavy atom. The summed E-state index contributed by atoms with van der Waals surface area (Å²) in [6.07, 6.45) is 6.06. The highest BCUT2D eigenvalue weighted by molar-refractivity contribution is 7.91. The zero-order valence-corrected chi connectivity index (χ0v) is 14.5. The van der Waals surface area contributed by atoms with Crippen molar-refractivity contribution in [2.45, 2.75) is 25.8 Å². The molecule has 0 bridgehead atoms. The van der Waals surface area contributed by atoms with Gasteiger partial charge in [0.1, 0.15) is 18.5 Å². The standard InChI is InChI=1S/C15H17N7O2S/c1-2-13-19-15(22(20-13)12-4-6-25(23,24)8-12)11-3-5-16-14(7-11)21-9-17-18-10-21/h3,5,7,9-10,12H,2,4,6,8H2,1H3/t12-/m1/s1. The first-order chi connectivity index (χ1) is 12.1. The molecule has 25 heavy (non-hydrogen) atoms. The van der Waals surface area contributed by atoms with Crippen molar-refractivity contribution in [2.24, 2.45) is 0 Å². The van der Waals surface area contributed by atoms with Gasteiger partial charge in [0.15, 0.2) is 21.5 Å². The predicted molar refractivity (Wildman–Crippen MR) is 89.9 cm³/mol.